The van der Waals surface area contributed by atoms with E-state index in [1.54, 1.807) is 6.08 Å². The van der Waals surface area contributed by atoms with Crippen LogP contribution < -0.4 is 5.32 Å². The summed E-state index contributed by atoms with van der Waals surface area (Å²) in [6.07, 6.45) is 35.0. The molecule has 0 aromatic rings. The van der Waals surface area contributed by atoms with Crippen molar-refractivity contribution in [3.05, 3.63) is 24.3 Å². The number of aliphatic hydroxyl groups is 5. The number of hydrogen-bond donors (Lipinski definition) is 6. The number of rotatable bonds is 37. The van der Waals surface area contributed by atoms with Crippen LogP contribution in [0.3, 0.4) is 0 Å². The van der Waals surface area contributed by atoms with Crippen LogP contribution in [0.25, 0.3) is 0 Å². The Bertz CT molecular complexity index is 899. The maximum absolute atomic E-state index is 12.9. The number of nitrogens with one attached hydrogen (secondary N) is 1. The summed E-state index contributed by atoms with van der Waals surface area (Å²) in [7, 11) is 0. The minimum Gasteiger partial charge on any atom is -0.394 e. The van der Waals surface area contributed by atoms with Gasteiger partial charge in [0.25, 0.3) is 0 Å². The van der Waals surface area contributed by atoms with E-state index in [0.29, 0.717) is 6.42 Å². The summed E-state index contributed by atoms with van der Waals surface area (Å²) in [6.45, 7) is 3.75. The molecule has 0 bridgehead atoms. The summed E-state index contributed by atoms with van der Waals surface area (Å²) in [5, 5.41) is 54.1. The second-order valence-corrected chi connectivity index (χ2v) is 15.8. The van der Waals surface area contributed by atoms with Gasteiger partial charge in [0.15, 0.2) is 6.29 Å². The van der Waals surface area contributed by atoms with Crippen molar-refractivity contribution in [3.63, 3.8) is 0 Å². The van der Waals surface area contributed by atoms with Crippen LogP contribution >= 0.6 is 0 Å². The third-order valence-electron chi connectivity index (χ3n) is 10.8. The van der Waals surface area contributed by atoms with E-state index >= 15 is 0 Å². The van der Waals surface area contributed by atoms with Gasteiger partial charge in [0.05, 0.1) is 25.4 Å². The molecule has 9 nitrogen and oxygen atoms in total. The molecule has 1 saturated heterocycles. The fourth-order valence-corrected chi connectivity index (χ4v) is 7.11. The van der Waals surface area contributed by atoms with Crippen LogP contribution in [-0.2, 0) is 14.3 Å². The lowest BCUT2D eigenvalue weighted by atomic mass is 9.99. The zero-order valence-corrected chi connectivity index (χ0v) is 34.7. The number of unbranched alkanes of at least 4 members (excludes halogenated alkanes) is 25. The molecule has 0 aromatic carbocycles. The average molecular weight is 768 g/mol. The predicted molar refractivity (Wildman–Crippen MR) is 221 cm³/mol. The van der Waals surface area contributed by atoms with Gasteiger partial charge in [-0.2, -0.15) is 0 Å². The SMILES string of the molecule is CCCCCCCCCCCCC/C=C/CC/C=C/[C@@H](O)[C@H](CO[C@@H]1O[C@H](CO)[C@@H](O)C(O)C1O)NC(=O)CCCCCCCCCCCCCCCC. The number of allylic oxidation sites excluding steroid dienone is 3. The molecule has 6 N–H and O–H groups in total. The van der Waals surface area contributed by atoms with E-state index in [0.717, 1.165) is 38.5 Å². The first-order valence-electron chi connectivity index (χ1n) is 22.6. The molecule has 9 heteroatoms. The van der Waals surface area contributed by atoms with E-state index in [2.05, 4.69) is 31.3 Å². The highest BCUT2D eigenvalue weighted by Crippen LogP contribution is 2.22. The van der Waals surface area contributed by atoms with Crippen molar-refractivity contribution in [2.75, 3.05) is 13.2 Å². The van der Waals surface area contributed by atoms with Crippen LogP contribution in [0.5, 0.6) is 0 Å². The van der Waals surface area contributed by atoms with E-state index in [4.69, 9.17) is 9.47 Å². The molecule has 1 rings (SSSR count). The lowest BCUT2D eigenvalue weighted by Crippen LogP contribution is -2.60. The summed E-state index contributed by atoms with van der Waals surface area (Å²) in [5.41, 5.74) is 0. The largest absolute Gasteiger partial charge is 0.394 e. The zero-order valence-electron chi connectivity index (χ0n) is 34.7. The molecule has 1 aliphatic rings. The third-order valence-corrected chi connectivity index (χ3v) is 10.8. The summed E-state index contributed by atoms with van der Waals surface area (Å²) < 4.78 is 11.2. The lowest BCUT2D eigenvalue weighted by molar-refractivity contribution is -0.302. The molecular formula is C45H85NO8. The first-order chi connectivity index (χ1) is 26.3. The Balaban J connectivity index is 2.40. The molecule has 0 aliphatic carbocycles. The number of amides is 1. The fraction of sp³-hybridized carbons (Fsp3) is 0.889. The molecule has 318 valence electrons. The number of carbonyl (C=O) groups excluding carboxylic acids is 1. The normalized spacial score (nSPS) is 21.6. The third kappa shape index (κ3) is 26.5. The highest BCUT2D eigenvalue weighted by Gasteiger charge is 2.44. The Morgan fingerprint density at radius 3 is 1.56 bits per heavy atom. The van der Waals surface area contributed by atoms with Gasteiger partial charge in [-0.05, 0) is 32.1 Å². The van der Waals surface area contributed by atoms with Gasteiger partial charge in [-0.15, -0.1) is 0 Å². The first-order valence-corrected chi connectivity index (χ1v) is 22.6. The van der Waals surface area contributed by atoms with E-state index in [-0.39, 0.29) is 12.5 Å². The van der Waals surface area contributed by atoms with Crippen molar-refractivity contribution >= 4 is 5.91 Å². The van der Waals surface area contributed by atoms with Gasteiger partial charge in [0.2, 0.25) is 5.91 Å². The van der Waals surface area contributed by atoms with Crippen molar-refractivity contribution in [2.45, 2.75) is 243 Å². The van der Waals surface area contributed by atoms with Gasteiger partial charge < -0.3 is 40.3 Å². The molecule has 1 heterocycles. The predicted octanol–water partition coefficient (Wildman–Crippen LogP) is 9.11. The molecule has 0 radical (unpaired) electrons. The Morgan fingerprint density at radius 1 is 0.611 bits per heavy atom. The van der Waals surface area contributed by atoms with Gasteiger partial charge in [-0.1, -0.05) is 186 Å². The van der Waals surface area contributed by atoms with Crippen molar-refractivity contribution in [3.8, 4) is 0 Å². The summed E-state index contributed by atoms with van der Waals surface area (Å²) >= 11 is 0. The highest BCUT2D eigenvalue weighted by molar-refractivity contribution is 5.76. The Kier molecular flexibility index (Phi) is 33.8. The van der Waals surface area contributed by atoms with Gasteiger partial charge in [0, 0.05) is 6.42 Å². The number of carbonyl (C=O) groups is 1. The van der Waals surface area contributed by atoms with E-state index < -0.39 is 49.5 Å². The zero-order chi connectivity index (χ0) is 39.5. The van der Waals surface area contributed by atoms with Crippen LogP contribution in [0.2, 0.25) is 0 Å². The Morgan fingerprint density at radius 2 is 1.06 bits per heavy atom. The van der Waals surface area contributed by atoms with Gasteiger partial charge in [0.1, 0.15) is 24.4 Å². The number of aliphatic hydroxyl groups excluding tert-OH is 5. The molecule has 0 saturated carbocycles. The molecule has 1 aliphatic heterocycles. The van der Waals surface area contributed by atoms with Crippen molar-refractivity contribution in [1.29, 1.82) is 0 Å². The number of ether oxygens (including phenoxy) is 2. The maximum Gasteiger partial charge on any atom is 0.220 e. The van der Waals surface area contributed by atoms with Gasteiger partial charge >= 0.3 is 0 Å². The number of hydrogen-bond acceptors (Lipinski definition) is 8. The summed E-state index contributed by atoms with van der Waals surface area (Å²) in [5.74, 6) is -0.186. The van der Waals surface area contributed by atoms with E-state index in [1.165, 1.54) is 141 Å². The maximum atomic E-state index is 12.9. The average Bonchev–Trinajstić information content (AvgIpc) is 3.17. The van der Waals surface area contributed by atoms with Crippen molar-refractivity contribution in [1.82, 2.24) is 5.32 Å². The van der Waals surface area contributed by atoms with Crippen LogP contribution in [0, 0.1) is 0 Å². The van der Waals surface area contributed by atoms with E-state index in [9.17, 15) is 30.3 Å². The second kappa shape index (κ2) is 36.0. The van der Waals surface area contributed by atoms with Crippen molar-refractivity contribution < 1.29 is 39.8 Å². The lowest BCUT2D eigenvalue weighted by Gasteiger charge is -2.40. The van der Waals surface area contributed by atoms with Gasteiger partial charge in [-0.3, -0.25) is 4.79 Å². The molecule has 54 heavy (non-hydrogen) atoms. The van der Waals surface area contributed by atoms with Crippen molar-refractivity contribution in [2.24, 2.45) is 0 Å². The quantitative estimate of drug-likeness (QED) is 0.0271. The topological polar surface area (TPSA) is 149 Å². The first kappa shape index (κ1) is 50.7. The summed E-state index contributed by atoms with van der Waals surface area (Å²) in [4.78, 5) is 12.9. The van der Waals surface area contributed by atoms with E-state index in [1.807, 2.05) is 6.08 Å². The monoisotopic (exact) mass is 768 g/mol. The molecular weight excluding hydrogens is 682 g/mol. The molecule has 2 unspecified atom stereocenters. The minimum absolute atomic E-state index is 0.186. The van der Waals surface area contributed by atoms with Crippen LogP contribution in [0.1, 0.15) is 200 Å². The van der Waals surface area contributed by atoms with Gasteiger partial charge in [-0.25, -0.2) is 0 Å². The molecule has 1 fully saturated rings. The molecule has 0 aromatic heterocycles. The smallest absolute Gasteiger partial charge is 0.220 e. The minimum atomic E-state index is -1.57. The Hall–Kier alpha value is -1.33. The second-order valence-electron chi connectivity index (χ2n) is 15.8. The van der Waals surface area contributed by atoms with Crippen LogP contribution in [0.4, 0.5) is 0 Å². The highest BCUT2D eigenvalue weighted by atomic mass is 16.7. The van der Waals surface area contributed by atoms with Crippen LogP contribution in [0.15, 0.2) is 24.3 Å². The van der Waals surface area contributed by atoms with Crippen LogP contribution in [-0.4, -0.2) is 87.5 Å². The Labute approximate surface area is 330 Å². The standard InChI is InChI=1S/C45H85NO8/c1-3-5-7-9-11-13-15-17-19-20-21-22-24-26-28-30-32-34-39(48)38(37-53-45-44(52)43(51)42(50)40(36-47)54-45)46-41(49)35-33-31-29-27-25-23-18-16-14-12-10-8-6-4-2/h24,26,32,34,38-40,42-45,47-48,50-52H,3-23,25,27-31,33,35-37H2,1-2H3,(H,46,49)/b26-24+,34-32+/t38-,39+,40+,42+,43?,44?,45+/m0/s1. The fourth-order valence-electron chi connectivity index (χ4n) is 7.11. The summed E-state index contributed by atoms with van der Waals surface area (Å²) in [6, 6.07) is -0.815. The molecule has 0 spiro atoms. The molecule has 7 atom stereocenters. The molecule has 1 amide bonds.